The number of rotatable bonds is 7. The number of nitrogens with one attached hydrogen (secondary N) is 3. The van der Waals surface area contributed by atoms with Crippen LogP contribution in [0.25, 0.3) is 5.57 Å². The van der Waals surface area contributed by atoms with Crippen molar-refractivity contribution in [1.29, 1.82) is 0 Å². The smallest absolute Gasteiger partial charge is 0.317 e. The number of benzene rings is 1. The number of nitrogens with two attached hydrogens (primary N) is 2. The van der Waals surface area contributed by atoms with Crippen molar-refractivity contribution >= 4 is 23.5 Å². The number of hydrogen-bond acceptors (Lipinski definition) is 7. The number of aliphatic imine (C=N–C) groups is 1. The second-order valence-corrected chi connectivity index (χ2v) is 9.67. The number of carbonyl (C=O) groups excluding carboxylic acids is 1. The molecule has 3 aliphatic rings. The lowest BCUT2D eigenvalue weighted by molar-refractivity contribution is 0.151. The molecule has 2 amide bonds. The monoisotopic (exact) mass is 516 g/mol. The summed E-state index contributed by atoms with van der Waals surface area (Å²) in [6.07, 6.45) is 2.91. The van der Waals surface area contributed by atoms with Crippen LogP contribution in [-0.4, -0.2) is 76.2 Å². The zero-order valence-electron chi connectivity index (χ0n) is 21.6. The normalized spacial score (nSPS) is 20.1. The molecule has 0 radical (unpaired) electrons. The van der Waals surface area contributed by atoms with Crippen LogP contribution in [-0.2, 0) is 6.42 Å². The third-order valence-corrected chi connectivity index (χ3v) is 7.47. The molecule has 11 heteroatoms. The van der Waals surface area contributed by atoms with Crippen LogP contribution >= 0.6 is 0 Å². The van der Waals surface area contributed by atoms with Gasteiger partial charge < -0.3 is 37.2 Å². The third kappa shape index (κ3) is 5.72. The van der Waals surface area contributed by atoms with Crippen LogP contribution in [0.2, 0.25) is 0 Å². The molecule has 9 nitrogen and oxygen atoms in total. The number of allylic oxidation sites excluding steroid dienone is 1. The van der Waals surface area contributed by atoms with E-state index in [0.717, 1.165) is 42.8 Å². The number of alkyl halides is 2. The Labute approximate surface area is 217 Å². The summed E-state index contributed by atoms with van der Waals surface area (Å²) in [4.78, 5) is 20.1. The fraction of sp³-hybridized carbons (Fsp3) is 0.538. The van der Waals surface area contributed by atoms with Crippen LogP contribution in [0.5, 0.6) is 0 Å². The standard InChI is InChI=1S/C26H38F2N8O/c1-31-14-17(13-29)19-11-16-5-10-36(23(16)12-20(19)24(27)28)25(30)21-15-35(26(37)32-2)9-6-22(21)34-18-3-7-33-8-4-18/h11-14,18,24-25,33-34H,3-10,15,29-30H2,1-2H3,(H,32,37). The van der Waals surface area contributed by atoms with Crippen molar-refractivity contribution in [3.63, 3.8) is 0 Å². The van der Waals surface area contributed by atoms with E-state index in [1.165, 1.54) is 18.5 Å². The van der Waals surface area contributed by atoms with Gasteiger partial charge in [0.25, 0.3) is 6.43 Å². The molecule has 0 saturated carbocycles. The molecule has 0 bridgehead atoms. The average molecular weight is 517 g/mol. The molecule has 202 valence electrons. The molecule has 1 fully saturated rings. The second kappa shape index (κ2) is 11.9. The molecule has 0 aromatic heterocycles. The lowest BCUT2D eigenvalue weighted by Gasteiger charge is -2.39. The van der Waals surface area contributed by atoms with Crippen molar-refractivity contribution in [2.45, 2.75) is 44.3 Å². The highest BCUT2D eigenvalue weighted by atomic mass is 19.3. The van der Waals surface area contributed by atoms with Crippen LogP contribution in [0.15, 0.2) is 34.6 Å². The first-order chi connectivity index (χ1) is 17.9. The van der Waals surface area contributed by atoms with Crippen molar-refractivity contribution in [1.82, 2.24) is 20.9 Å². The van der Waals surface area contributed by atoms with E-state index in [2.05, 4.69) is 20.9 Å². The van der Waals surface area contributed by atoms with Crippen LogP contribution in [0.4, 0.5) is 19.3 Å². The SMILES string of the molecule is CN=CC(=CN)c1cc2c(cc1C(F)F)N(C(N)C1=C(NC3CCNCC3)CCN(C(=O)NC)C1)CC2. The van der Waals surface area contributed by atoms with Gasteiger partial charge in [-0.2, -0.15) is 0 Å². The van der Waals surface area contributed by atoms with E-state index in [9.17, 15) is 13.6 Å². The van der Waals surface area contributed by atoms with E-state index in [0.29, 0.717) is 55.3 Å². The highest BCUT2D eigenvalue weighted by Gasteiger charge is 2.34. The zero-order valence-corrected chi connectivity index (χ0v) is 21.6. The van der Waals surface area contributed by atoms with Crippen LogP contribution < -0.4 is 32.3 Å². The number of urea groups is 1. The Hall–Kier alpha value is -3.18. The molecule has 1 aromatic rings. The summed E-state index contributed by atoms with van der Waals surface area (Å²) >= 11 is 0. The van der Waals surface area contributed by atoms with Gasteiger partial charge in [-0.3, -0.25) is 4.99 Å². The number of carbonyl (C=O) groups is 1. The van der Waals surface area contributed by atoms with Crippen molar-refractivity contribution in [2.75, 3.05) is 51.7 Å². The summed E-state index contributed by atoms with van der Waals surface area (Å²) in [7, 11) is 3.19. The van der Waals surface area contributed by atoms with Crippen molar-refractivity contribution in [2.24, 2.45) is 16.5 Å². The van der Waals surface area contributed by atoms with E-state index in [-0.39, 0.29) is 11.6 Å². The van der Waals surface area contributed by atoms with Gasteiger partial charge in [-0.25, -0.2) is 13.6 Å². The quantitative estimate of drug-likeness (QED) is 0.353. The van der Waals surface area contributed by atoms with Gasteiger partial charge >= 0.3 is 6.03 Å². The van der Waals surface area contributed by atoms with Gasteiger partial charge in [0.15, 0.2) is 0 Å². The molecule has 1 saturated heterocycles. The Morgan fingerprint density at radius 1 is 1.24 bits per heavy atom. The first-order valence-electron chi connectivity index (χ1n) is 12.8. The van der Waals surface area contributed by atoms with Crippen molar-refractivity contribution in [3.8, 4) is 0 Å². The number of halogens is 2. The van der Waals surface area contributed by atoms with Gasteiger partial charge in [0.2, 0.25) is 0 Å². The topological polar surface area (TPSA) is 124 Å². The molecule has 1 atom stereocenters. The van der Waals surface area contributed by atoms with Gasteiger partial charge in [0.05, 0.1) is 0 Å². The van der Waals surface area contributed by atoms with E-state index < -0.39 is 12.6 Å². The number of anilines is 1. The minimum atomic E-state index is -2.69. The van der Waals surface area contributed by atoms with Gasteiger partial charge in [-0.15, -0.1) is 0 Å². The molecule has 3 aliphatic heterocycles. The summed E-state index contributed by atoms with van der Waals surface area (Å²) in [5.41, 5.74) is 17.0. The first-order valence-corrected chi connectivity index (χ1v) is 12.8. The van der Waals surface area contributed by atoms with Crippen LogP contribution in [0.1, 0.15) is 42.4 Å². The Bertz CT molecular complexity index is 1080. The molecule has 0 spiro atoms. The van der Waals surface area contributed by atoms with E-state index in [4.69, 9.17) is 11.5 Å². The van der Waals surface area contributed by atoms with E-state index in [1.54, 1.807) is 25.1 Å². The number of fused-ring (bicyclic) bond motifs is 1. The average Bonchev–Trinajstić information content (AvgIpc) is 3.34. The van der Waals surface area contributed by atoms with Crippen LogP contribution in [0.3, 0.4) is 0 Å². The molecule has 3 heterocycles. The molecular formula is C26H38F2N8O. The number of piperidine rings is 1. The van der Waals surface area contributed by atoms with Crippen LogP contribution in [0, 0.1) is 0 Å². The Balaban J connectivity index is 1.69. The minimum Gasteiger partial charge on any atom is -0.404 e. The van der Waals surface area contributed by atoms with Crippen molar-refractivity contribution < 1.29 is 13.6 Å². The Kier molecular flexibility index (Phi) is 8.65. The number of amides is 2. The number of nitrogens with zero attached hydrogens (tertiary/aromatic N) is 3. The molecule has 4 rings (SSSR count). The zero-order chi connectivity index (χ0) is 26.5. The molecule has 0 aliphatic carbocycles. The second-order valence-electron chi connectivity index (χ2n) is 9.67. The molecule has 1 aromatic carbocycles. The number of hydrogen-bond donors (Lipinski definition) is 5. The summed E-state index contributed by atoms with van der Waals surface area (Å²) in [6.45, 7) is 3.47. The Morgan fingerprint density at radius 2 is 2.00 bits per heavy atom. The van der Waals surface area contributed by atoms with E-state index in [1.807, 2.05) is 4.90 Å². The van der Waals surface area contributed by atoms with Gasteiger partial charge in [-0.1, -0.05) is 0 Å². The first kappa shape index (κ1) is 26.9. The van der Waals surface area contributed by atoms with Gasteiger partial charge in [0.1, 0.15) is 6.17 Å². The summed E-state index contributed by atoms with van der Waals surface area (Å²) in [6, 6.07) is 3.50. The lowest BCUT2D eigenvalue weighted by Crippen LogP contribution is -2.52. The molecule has 7 N–H and O–H groups in total. The van der Waals surface area contributed by atoms with Gasteiger partial charge in [-0.05, 0) is 55.6 Å². The highest BCUT2D eigenvalue weighted by Crippen LogP contribution is 2.39. The summed E-state index contributed by atoms with van der Waals surface area (Å²) < 4.78 is 28.4. The maximum Gasteiger partial charge on any atom is 0.317 e. The fourth-order valence-electron chi connectivity index (χ4n) is 5.50. The Morgan fingerprint density at radius 3 is 2.65 bits per heavy atom. The molecule has 1 unspecified atom stereocenters. The highest BCUT2D eigenvalue weighted by molar-refractivity contribution is 6.10. The van der Waals surface area contributed by atoms with E-state index >= 15 is 0 Å². The van der Waals surface area contributed by atoms with Crippen molar-refractivity contribution in [3.05, 3.63) is 46.3 Å². The van der Waals surface area contributed by atoms with Gasteiger partial charge in [0, 0.05) is 86.7 Å². The molecular weight excluding hydrogens is 478 g/mol. The lowest BCUT2D eigenvalue weighted by atomic mass is 9.96. The maximum atomic E-state index is 14.2. The fourth-order valence-corrected chi connectivity index (χ4v) is 5.50. The largest absolute Gasteiger partial charge is 0.404 e. The minimum absolute atomic E-state index is 0.105. The maximum absolute atomic E-state index is 14.2. The predicted molar refractivity (Wildman–Crippen MR) is 144 cm³/mol. The summed E-state index contributed by atoms with van der Waals surface area (Å²) in [5.74, 6) is 0. The molecule has 37 heavy (non-hydrogen) atoms. The third-order valence-electron chi connectivity index (χ3n) is 7.47. The predicted octanol–water partition coefficient (Wildman–Crippen LogP) is 1.91. The summed E-state index contributed by atoms with van der Waals surface area (Å²) in [5, 5.41) is 9.79.